The van der Waals surface area contributed by atoms with Crippen LogP contribution < -0.4 is 0 Å². The predicted octanol–water partition coefficient (Wildman–Crippen LogP) is 5.88. The van der Waals surface area contributed by atoms with Gasteiger partial charge in [0.15, 0.2) is 0 Å². The Hall–Kier alpha value is -2.05. The fourth-order valence-corrected chi connectivity index (χ4v) is 5.82. The topological polar surface area (TPSA) is 156 Å². The molecule has 0 N–H and O–H groups in total. The van der Waals surface area contributed by atoms with Crippen LogP contribution in [0.1, 0.15) is 110 Å². The highest BCUT2D eigenvalue weighted by Crippen LogP contribution is 2.14. The summed E-state index contributed by atoms with van der Waals surface area (Å²) < 4.78 is 59.9. The van der Waals surface area contributed by atoms with E-state index in [2.05, 4.69) is 6.92 Å². The number of ether oxygens (including phenoxy) is 11. The number of unbranched alkanes of at least 4 members (excludes halogenated alkanes) is 14. The molecule has 0 aromatic rings. The van der Waals surface area contributed by atoms with Crippen LogP contribution in [0.4, 0.5) is 0 Å². The van der Waals surface area contributed by atoms with Gasteiger partial charge in [0, 0.05) is 18.6 Å². The Bertz CT molecular complexity index is 954. The minimum absolute atomic E-state index is 0.137. The number of nitrogens with zero attached hydrogens (tertiary/aromatic N) is 1. The third-order valence-electron chi connectivity index (χ3n) is 9.18. The summed E-state index contributed by atoms with van der Waals surface area (Å²) in [6.45, 7) is 11.8. The van der Waals surface area contributed by atoms with Crippen LogP contribution in [-0.2, 0) is 66.5 Å². The quantitative estimate of drug-likeness (QED) is 0.0406. The van der Waals surface area contributed by atoms with Crippen molar-refractivity contribution in [3.05, 3.63) is 12.2 Å². The summed E-state index contributed by atoms with van der Waals surface area (Å²) in [6.07, 6.45) is 22.7. The summed E-state index contributed by atoms with van der Waals surface area (Å²) >= 11 is 0. The number of esters is 1. The molecule has 15 nitrogen and oxygen atoms in total. The van der Waals surface area contributed by atoms with Gasteiger partial charge < -0.3 is 52.1 Å². The summed E-state index contributed by atoms with van der Waals surface area (Å²) in [5.41, 5.74) is 0. The summed E-state index contributed by atoms with van der Waals surface area (Å²) in [4.78, 5) is 35.9. The fourth-order valence-electron chi connectivity index (χ4n) is 5.82. The van der Waals surface area contributed by atoms with Gasteiger partial charge in [0.1, 0.15) is 6.61 Å². The molecule has 15 heteroatoms. The molecule has 59 heavy (non-hydrogen) atoms. The van der Waals surface area contributed by atoms with Gasteiger partial charge in [-0.1, -0.05) is 96.8 Å². The Labute approximate surface area is 355 Å². The number of amides is 2. The molecule has 346 valence electrons. The molecule has 0 saturated carbocycles. The monoisotopic (exact) mass is 848 g/mol. The highest BCUT2D eigenvalue weighted by atomic mass is 16.6. The number of hydrogen-bond acceptors (Lipinski definition) is 14. The summed E-state index contributed by atoms with van der Waals surface area (Å²) in [5.74, 6) is -0.752. The molecule has 1 aliphatic rings. The molecule has 0 aliphatic carbocycles. The maximum Gasteiger partial charge on any atom is 0.305 e. The van der Waals surface area contributed by atoms with E-state index in [1.165, 1.54) is 95.6 Å². The van der Waals surface area contributed by atoms with E-state index < -0.39 is 0 Å². The smallest absolute Gasteiger partial charge is 0.305 e. The molecular weight excluding hydrogens is 766 g/mol. The Kier molecular flexibility index (Phi) is 42.4. The molecule has 1 heterocycles. The number of carbonyl (C=O) groups is 3. The van der Waals surface area contributed by atoms with Crippen molar-refractivity contribution >= 4 is 17.8 Å². The zero-order chi connectivity index (χ0) is 42.4. The third-order valence-corrected chi connectivity index (χ3v) is 9.18. The molecular formula is C44H81NO14. The normalized spacial score (nSPS) is 12.7. The molecule has 0 bridgehead atoms. The van der Waals surface area contributed by atoms with Crippen LogP contribution >= 0.6 is 0 Å². The Morgan fingerprint density at radius 3 is 0.932 bits per heavy atom. The van der Waals surface area contributed by atoms with E-state index in [1.807, 2.05) is 0 Å². The van der Waals surface area contributed by atoms with Crippen LogP contribution in [0, 0.1) is 0 Å². The average Bonchev–Trinajstić information content (AvgIpc) is 3.56. The van der Waals surface area contributed by atoms with E-state index >= 15 is 0 Å². The van der Waals surface area contributed by atoms with Crippen LogP contribution in [0.15, 0.2) is 12.2 Å². The van der Waals surface area contributed by atoms with Gasteiger partial charge in [0.2, 0.25) is 0 Å². The molecule has 0 unspecified atom stereocenters. The maximum atomic E-state index is 11.9. The SMILES string of the molecule is CCCCCCCCCCCCCCCCCC(=O)OCCOCCOCCOCCOCCOCCOCCOCCOCCOCCOCCN1C(=O)C=CC1=O. The molecule has 0 radical (unpaired) electrons. The first-order valence-electron chi connectivity index (χ1n) is 22.6. The lowest BCUT2D eigenvalue weighted by Crippen LogP contribution is -2.33. The van der Waals surface area contributed by atoms with Crippen molar-refractivity contribution in [2.45, 2.75) is 110 Å². The van der Waals surface area contributed by atoms with Gasteiger partial charge in [-0.05, 0) is 6.42 Å². The minimum Gasteiger partial charge on any atom is -0.463 e. The first-order valence-corrected chi connectivity index (χ1v) is 22.6. The molecule has 0 aromatic heterocycles. The van der Waals surface area contributed by atoms with Crippen molar-refractivity contribution in [2.24, 2.45) is 0 Å². The van der Waals surface area contributed by atoms with Crippen LogP contribution in [-0.4, -0.2) is 168 Å². The van der Waals surface area contributed by atoms with Crippen LogP contribution in [0.5, 0.6) is 0 Å². The van der Waals surface area contributed by atoms with Gasteiger partial charge in [-0.15, -0.1) is 0 Å². The second kappa shape index (κ2) is 45.5. The van der Waals surface area contributed by atoms with Gasteiger partial charge in [0.05, 0.1) is 139 Å². The largest absolute Gasteiger partial charge is 0.463 e. The van der Waals surface area contributed by atoms with Crippen molar-refractivity contribution in [2.75, 3.05) is 145 Å². The van der Waals surface area contributed by atoms with E-state index in [1.54, 1.807) is 0 Å². The molecule has 0 fully saturated rings. The zero-order valence-corrected chi connectivity index (χ0v) is 36.7. The van der Waals surface area contributed by atoms with Gasteiger partial charge in [-0.25, -0.2) is 0 Å². The van der Waals surface area contributed by atoms with Crippen molar-refractivity contribution in [1.29, 1.82) is 0 Å². The summed E-state index contributed by atoms with van der Waals surface area (Å²) in [5, 5.41) is 0. The van der Waals surface area contributed by atoms with E-state index in [9.17, 15) is 14.4 Å². The molecule has 0 atom stereocenters. The van der Waals surface area contributed by atoms with Crippen molar-refractivity contribution in [3.8, 4) is 0 Å². The molecule has 0 aromatic carbocycles. The molecule has 1 rings (SSSR count). The molecule has 1 aliphatic heterocycles. The number of rotatable bonds is 49. The van der Waals surface area contributed by atoms with E-state index in [0.717, 1.165) is 17.7 Å². The average molecular weight is 848 g/mol. The molecule has 0 spiro atoms. The Balaban J connectivity index is 1.63. The maximum absolute atomic E-state index is 11.9. The zero-order valence-electron chi connectivity index (χ0n) is 36.7. The number of hydrogen-bond donors (Lipinski definition) is 0. The van der Waals surface area contributed by atoms with Crippen LogP contribution in [0.3, 0.4) is 0 Å². The lowest BCUT2D eigenvalue weighted by Gasteiger charge is -2.13. The number of carbonyl (C=O) groups excluding carboxylic acids is 3. The second-order valence-corrected chi connectivity index (χ2v) is 14.2. The van der Waals surface area contributed by atoms with Gasteiger partial charge in [0.25, 0.3) is 11.8 Å². The minimum atomic E-state index is -0.308. The van der Waals surface area contributed by atoms with Crippen molar-refractivity contribution in [3.63, 3.8) is 0 Å². The van der Waals surface area contributed by atoms with Gasteiger partial charge >= 0.3 is 5.97 Å². The first kappa shape index (κ1) is 55.0. The standard InChI is InChI=1S/C44H81NO14/c1-2-3-4-5-6-7-8-9-10-11-12-13-14-15-16-17-44(48)59-41-40-58-39-38-57-37-36-56-35-34-55-33-32-54-31-30-53-29-28-52-27-26-51-25-24-50-23-22-49-21-20-45-42(46)18-19-43(45)47/h18-19H,2-17,20-41H2,1H3. The Morgan fingerprint density at radius 2 is 0.627 bits per heavy atom. The summed E-state index contributed by atoms with van der Waals surface area (Å²) in [6, 6.07) is 0. The van der Waals surface area contributed by atoms with Crippen molar-refractivity contribution in [1.82, 2.24) is 4.90 Å². The Morgan fingerprint density at radius 1 is 0.373 bits per heavy atom. The van der Waals surface area contributed by atoms with Crippen molar-refractivity contribution < 1.29 is 66.5 Å². The van der Waals surface area contributed by atoms with Gasteiger partial charge in [-0.3, -0.25) is 19.3 Å². The summed E-state index contributed by atoms with van der Waals surface area (Å²) in [7, 11) is 0. The van der Waals surface area contributed by atoms with Crippen LogP contribution in [0.25, 0.3) is 0 Å². The number of imide groups is 1. The van der Waals surface area contributed by atoms with E-state index in [-0.39, 0.29) is 37.5 Å². The highest BCUT2D eigenvalue weighted by molar-refractivity contribution is 6.12. The molecule has 0 saturated heterocycles. The lowest BCUT2D eigenvalue weighted by atomic mass is 10.0. The fraction of sp³-hybridized carbons (Fsp3) is 0.886. The second-order valence-electron chi connectivity index (χ2n) is 14.2. The van der Waals surface area contributed by atoms with E-state index in [4.69, 9.17) is 52.1 Å². The molecule has 2 amide bonds. The van der Waals surface area contributed by atoms with Crippen LogP contribution in [0.2, 0.25) is 0 Å². The first-order chi connectivity index (χ1) is 29.1. The van der Waals surface area contributed by atoms with Gasteiger partial charge in [-0.2, -0.15) is 0 Å². The highest BCUT2D eigenvalue weighted by Gasteiger charge is 2.22. The van der Waals surface area contributed by atoms with E-state index in [0.29, 0.717) is 132 Å². The third kappa shape index (κ3) is 39.8. The lowest BCUT2D eigenvalue weighted by molar-refractivity contribution is -0.145. The predicted molar refractivity (Wildman–Crippen MR) is 225 cm³/mol.